The maximum Gasteiger partial charge on any atom is 0.298 e. The third-order valence-corrected chi connectivity index (χ3v) is 0.892. The number of hydrogen-bond acceptors (Lipinski definition) is 3. The second-order valence-electron chi connectivity index (χ2n) is 2.07. The standard InChI is InChI=1S/C6H9F3O3/c7-3-6(8,9)4-12-2-1-5(10)11/h1,10-11H,2-4H2. The Morgan fingerprint density at radius 3 is 2.42 bits per heavy atom. The van der Waals surface area contributed by atoms with Crippen LogP contribution < -0.4 is 0 Å². The van der Waals surface area contributed by atoms with Gasteiger partial charge in [0.25, 0.3) is 11.9 Å². The topological polar surface area (TPSA) is 49.7 Å². The van der Waals surface area contributed by atoms with Gasteiger partial charge in [-0.2, -0.15) is 0 Å². The van der Waals surface area contributed by atoms with Gasteiger partial charge in [-0.3, -0.25) is 0 Å². The van der Waals surface area contributed by atoms with E-state index >= 15 is 0 Å². The van der Waals surface area contributed by atoms with Crippen LogP contribution in [0.15, 0.2) is 12.0 Å². The molecule has 0 aliphatic carbocycles. The first-order chi connectivity index (χ1) is 5.48. The van der Waals surface area contributed by atoms with Crippen molar-refractivity contribution in [3.63, 3.8) is 0 Å². The zero-order valence-electron chi connectivity index (χ0n) is 6.14. The van der Waals surface area contributed by atoms with Crippen LogP contribution in [-0.4, -0.2) is 36.0 Å². The molecule has 0 rings (SSSR count). The van der Waals surface area contributed by atoms with Crippen molar-refractivity contribution in [3.8, 4) is 0 Å². The number of rotatable bonds is 5. The normalized spacial score (nSPS) is 11.2. The minimum absolute atomic E-state index is 0.391. The van der Waals surface area contributed by atoms with E-state index in [0.717, 1.165) is 6.08 Å². The molecule has 72 valence electrons. The molecule has 0 aromatic heterocycles. The minimum Gasteiger partial charge on any atom is -0.481 e. The molecule has 0 aromatic carbocycles. The molecule has 0 aliphatic heterocycles. The van der Waals surface area contributed by atoms with Crippen molar-refractivity contribution >= 4 is 0 Å². The maximum absolute atomic E-state index is 12.0. The first-order valence-corrected chi connectivity index (χ1v) is 3.07. The van der Waals surface area contributed by atoms with E-state index in [9.17, 15) is 13.2 Å². The number of aliphatic hydroxyl groups is 2. The zero-order valence-corrected chi connectivity index (χ0v) is 6.14. The predicted octanol–water partition coefficient (Wildman–Crippen LogP) is 1.57. The Hall–Kier alpha value is -0.910. The third-order valence-electron chi connectivity index (χ3n) is 0.892. The summed E-state index contributed by atoms with van der Waals surface area (Å²) in [5.41, 5.74) is 0. The average Bonchev–Trinajstić information content (AvgIpc) is 1.98. The number of hydrogen-bond donors (Lipinski definition) is 2. The molecule has 0 amide bonds. The summed E-state index contributed by atoms with van der Waals surface area (Å²) in [6.07, 6.45) is 0.772. The van der Waals surface area contributed by atoms with E-state index in [1.54, 1.807) is 0 Å². The lowest BCUT2D eigenvalue weighted by Gasteiger charge is -2.10. The minimum atomic E-state index is -3.50. The molecule has 12 heavy (non-hydrogen) atoms. The van der Waals surface area contributed by atoms with Gasteiger partial charge in [-0.05, 0) is 0 Å². The van der Waals surface area contributed by atoms with Crippen LogP contribution >= 0.6 is 0 Å². The average molecular weight is 186 g/mol. The smallest absolute Gasteiger partial charge is 0.298 e. The van der Waals surface area contributed by atoms with Crippen molar-refractivity contribution in [2.75, 3.05) is 19.9 Å². The molecular formula is C6H9F3O3. The Kier molecular flexibility index (Phi) is 4.50. The molecule has 0 saturated carbocycles. The van der Waals surface area contributed by atoms with E-state index in [1.165, 1.54) is 0 Å². The van der Waals surface area contributed by atoms with Gasteiger partial charge in [0.15, 0.2) is 6.67 Å². The Morgan fingerprint density at radius 2 is 2.00 bits per heavy atom. The molecule has 0 aromatic rings. The van der Waals surface area contributed by atoms with E-state index < -0.39 is 31.8 Å². The van der Waals surface area contributed by atoms with Crippen LogP contribution in [0.3, 0.4) is 0 Å². The number of alkyl halides is 3. The van der Waals surface area contributed by atoms with Crippen molar-refractivity contribution in [3.05, 3.63) is 12.0 Å². The Balaban J connectivity index is 3.50. The Labute approximate surface area is 67.1 Å². The Morgan fingerprint density at radius 1 is 1.42 bits per heavy atom. The van der Waals surface area contributed by atoms with Gasteiger partial charge in [0, 0.05) is 6.08 Å². The van der Waals surface area contributed by atoms with Crippen molar-refractivity contribution in [2.24, 2.45) is 0 Å². The predicted molar refractivity (Wildman–Crippen MR) is 35.1 cm³/mol. The van der Waals surface area contributed by atoms with E-state index in [0.29, 0.717) is 0 Å². The highest BCUT2D eigenvalue weighted by Crippen LogP contribution is 2.13. The molecule has 0 aliphatic rings. The summed E-state index contributed by atoms with van der Waals surface area (Å²) in [4.78, 5) is 0. The summed E-state index contributed by atoms with van der Waals surface area (Å²) in [5, 5.41) is 16.2. The fourth-order valence-electron chi connectivity index (χ4n) is 0.380. The van der Waals surface area contributed by atoms with Crippen LogP contribution in [0.4, 0.5) is 13.2 Å². The van der Waals surface area contributed by atoms with Crippen LogP contribution in [0.25, 0.3) is 0 Å². The van der Waals surface area contributed by atoms with Gasteiger partial charge in [-0.1, -0.05) is 0 Å². The lowest BCUT2D eigenvalue weighted by Crippen LogP contribution is -2.26. The van der Waals surface area contributed by atoms with Gasteiger partial charge in [-0.25, -0.2) is 13.2 Å². The highest BCUT2D eigenvalue weighted by atomic mass is 19.3. The molecule has 0 unspecified atom stereocenters. The Bertz CT molecular complexity index is 154. The lowest BCUT2D eigenvalue weighted by molar-refractivity contribution is -0.0856. The summed E-state index contributed by atoms with van der Waals surface area (Å²) in [5.74, 6) is -4.52. The van der Waals surface area contributed by atoms with Gasteiger partial charge in [0.2, 0.25) is 0 Å². The molecule has 0 heterocycles. The number of aliphatic hydroxyl groups excluding tert-OH is 1. The molecule has 0 radical (unpaired) electrons. The third kappa shape index (κ3) is 5.84. The molecule has 0 spiro atoms. The SMILES string of the molecule is OC(O)=CCOCC(F)(F)CF. The fourth-order valence-corrected chi connectivity index (χ4v) is 0.380. The van der Waals surface area contributed by atoms with Crippen molar-refractivity contribution < 1.29 is 28.1 Å². The summed E-state index contributed by atoms with van der Waals surface area (Å²) in [6, 6.07) is 0. The van der Waals surface area contributed by atoms with E-state index in [1.807, 2.05) is 0 Å². The van der Waals surface area contributed by atoms with Crippen molar-refractivity contribution in [1.29, 1.82) is 0 Å². The summed E-state index contributed by atoms with van der Waals surface area (Å²) < 4.78 is 39.7. The highest BCUT2D eigenvalue weighted by Gasteiger charge is 2.28. The molecular weight excluding hydrogens is 177 g/mol. The first kappa shape index (κ1) is 11.1. The van der Waals surface area contributed by atoms with Crippen LogP contribution in [0.5, 0.6) is 0 Å². The largest absolute Gasteiger partial charge is 0.481 e. The van der Waals surface area contributed by atoms with Crippen molar-refractivity contribution in [1.82, 2.24) is 0 Å². The van der Waals surface area contributed by atoms with E-state index in [-0.39, 0.29) is 0 Å². The van der Waals surface area contributed by atoms with Crippen LogP contribution in [-0.2, 0) is 4.74 Å². The lowest BCUT2D eigenvalue weighted by atomic mass is 10.4. The van der Waals surface area contributed by atoms with Crippen molar-refractivity contribution in [2.45, 2.75) is 5.92 Å². The van der Waals surface area contributed by atoms with Crippen LogP contribution in [0.1, 0.15) is 0 Å². The molecule has 0 saturated heterocycles. The molecule has 0 atom stereocenters. The first-order valence-electron chi connectivity index (χ1n) is 3.07. The fraction of sp³-hybridized carbons (Fsp3) is 0.667. The summed E-state index contributed by atoms with van der Waals surface area (Å²) in [7, 11) is 0. The van der Waals surface area contributed by atoms with Crippen LogP contribution in [0.2, 0.25) is 0 Å². The molecule has 2 N–H and O–H groups in total. The quantitative estimate of drug-likeness (QED) is 0.506. The highest BCUT2D eigenvalue weighted by molar-refractivity contribution is 4.78. The van der Waals surface area contributed by atoms with E-state index in [4.69, 9.17) is 10.2 Å². The zero-order chi connectivity index (χ0) is 9.61. The molecule has 0 bridgehead atoms. The van der Waals surface area contributed by atoms with Gasteiger partial charge in [0.05, 0.1) is 6.61 Å². The van der Waals surface area contributed by atoms with Gasteiger partial charge in [0.1, 0.15) is 6.61 Å². The molecule has 3 nitrogen and oxygen atoms in total. The van der Waals surface area contributed by atoms with Gasteiger partial charge >= 0.3 is 0 Å². The van der Waals surface area contributed by atoms with E-state index in [2.05, 4.69) is 4.74 Å². The summed E-state index contributed by atoms with van der Waals surface area (Å²) in [6.45, 7) is -3.26. The molecule has 0 fully saturated rings. The van der Waals surface area contributed by atoms with Crippen LogP contribution in [0, 0.1) is 0 Å². The maximum atomic E-state index is 12.0. The molecule has 6 heteroatoms. The number of halogens is 3. The number of ether oxygens (including phenoxy) is 1. The monoisotopic (exact) mass is 186 g/mol. The van der Waals surface area contributed by atoms with Gasteiger partial charge in [-0.15, -0.1) is 0 Å². The second kappa shape index (κ2) is 4.87. The summed E-state index contributed by atoms with van der Waals surface area (Å²) >= 11 is 0. The van der Waals surface area contributed by atoms with Gasteiger partial charge < -0.3 is 14.9 Å². The second-order valence-corrected chi connectivity index (χ2v) is 2.07.